The molecule has 3 rings (SSSR count). The zero-order valence-corrected chi connectivity index (χ0v) is 10.7. The summed E-state index contributed by atoms with van der Waals surface area (Å²) in [7, 11) is 0. The highest BCUT2D eigenvalue weighted by Crippen LogP contribution is 2.25. The van der Waals surface area contributed by atoms with Crippen LogP contribution in [-0.2, 0) is 0 Å². The first-order valence-electron chi connectivity index (χ1n) is 6.05. The van der Waals surface area contributed by atoms with E-state index in [1.165, 1.54) is 6.07 Å². The monoisotopic (exact) mass is 270 g/mol. The number of carboxylic acids is 1. The second-order valence-electron chi connectivity index (χ2n) is 4.53. The SMILES string of the molecule is Cc1ccc2c(C(=O)O)nc(-c3ccccc3F)n2c1. The standard InChI is InChI=1S/C15H11FN2O2/c1-9-6-7-12-13(15(19)20)17-14(18(12)8-9)10-4-2-3-5-11(10)16/h2-8H,1H3,(H,19,20). The lowest BCUT2D eigenvalue weighted by Gasteiger charge is -2.03. The molecule has 1 N–H and O–H groups in total. The summed E-state index contributed by atoms with van der Waals surface area (Å²) in [5.74, 6) is -1.27. The molecule has 0 amide bonds. The van der Waals surface area contributed by atoms with Gasteiger partial charge in [-0.3, -0.25) is 4.40 Å². The summed E-state index contributed by atoms with van der Waals surface area (Å²) in [4.78, 5) is 15.3. The minimum absolute atomic E-state index is 0.0803. The Kier molecular flexibility index (Phi) is 2.75. The molecular formula is C15H11FN2O2. The minimum Gasteiger partial charge on any atom is -0.476 e. The number of carboxylic acid groups (broad SMARTS) is 1. The fraction of sp³-hybridized carbons (Fsp3) is 0.0667. The van der Waals surface area contributed by atoms with Gasteiger partial charge >= 0.3 is 5.97 Å². The number of hydrogen-bond acceptors (Lipinski definition) is 2. The van der Waals surface area contributed by atoms with Crippen LogP contribution in [0, 0.1) is 12.7 Å². The van der Waals surface area contributed by atoms with Crippen LogP contribution in [0.25, 0.3) is 16.9 Å². The molecule has 2 aromatic heterocycles. The van der Waals surface area contributed by atoms with E-state index in [0.29, 0.717) is 11.3 Å². The van der Waals surface area contributed by atoms with Crippen molar-refractivity contribution in [3.63, 3.8) is 0 Å². The van der Waals surface area contributed by atoms with Gasteiger partial charge in [-0.25, -0.2) is 14.2 Å². The van der Waals surface area contributed by atoms with Crippen LogP contribution < -0.4 is 0 Å². The van der Waals surface area contributed by atoms with Crippen LogP contribution in [0.15, 0.2) is 42.6 Å². The highest BCUT2D eigenvalue weighted by Gasteiger charge is 2.19. The number of fused-ring (bicyclic) bond motifs is 1. The average Bonchev–Trinajstić information content (AvgIpc) is 2.78. The van der Waals surface area contributed by atoms with Gasteiger partial charge in [0.1, 0.15) is 11.6 Å². The average molecular weight is 270 g/mol. The third-order valence-corrected chi connectivity index (χ3v) is 3.10. The molecule has 0 bridgehead atoms. The van der Waals surface area contributed by atoms with E-state index < -0.39 is 11.8 Å². The molecule has 0 aliphatic rings. The maximum atomic E-state index is 13.9. The van der Waals surface area contributed by atoms with Crippen molar-refractivity contribution in [1.29, 1.82) is 0 Å². The van der Waals surface area contributed by atoms with Crippen molar-refractivity contribution in [3.8, 4) is 11.4 Å². The molecule has 4 nitrogen and oxygen atoms in total. The number of pyridine rings is 1. The summed E-state index contributed by atoms with van der Waals surface area (Å²) in [5.41, 5.74) is 1.58. The van der Waals surface area contributed by atoms with Crippen molar-refractivity contribution in [2.45, 2.75) is 6.92 Å². The molecular weight excluding hydrogens is 259 g/mol. The normalized spacial score (nSPS) is 10.9. The van der Waals surface area contributed by atoms with Crippen molar-refractivity contribution in [2.24, 2.45) is 0 Å². The molecule has 0 radical (unpaired) electrons. The Morgan fingerprint density at radius 1 is 1.25 bits per heavy atom. The molecule has 0 aliphatic carbocycles. The Morgan fingerprint density at radius 3 is 2.70 bits per heavy atom. The summed E-state index contributed by atoms with van der Waals surface area (Å²) in [5, 5.41) is 9.21. The fourth-order valence-electron chi connectivity index (χ4n) is 2.18. The molecule has 20 heavy (non-hydrogen) atoms. The number of aryl methyl sites for hydroxylation is 1. The van der Waals surface area contributed by atoms with Gasteiger partial charge in [-0.15, -0.1) is 0 Å². The largest absolute Gasteiger partial charge is 0.476 e. The second-order valence-corrected chi connectivity index (χ2v) is 4.53. The Hall–Kier alpha value is -2.69. The molecule has 0 saturated heterocycles. The number of hydrogen-bond donors (Lipinski definition) is 1. The van der Waals surface area contributed by atoms with Crippen LogP contribution in [0.2, 0.25) is 0 Å². The number of aromatic nitrogens is 2. The van der Waals surface area contributed by atoms with E-state index in [2.05, 4.69) is 4.98 Å². The smallest absolute Gasteiger partial charge is 0.356 e. The van der Waals surface area contributed by atoms with Crippen molar-refractivity contribution < 1.29 is 14.3 Å². The van der Waals surface area contributed by atoms with Crippen molar-refractivity contribution >= 4 is 11.5 Å². The van der Waals surface area contributed by atoms with Gasteiger partial charge in [-0.1, -0.05) is 18.2 Å². The Morgan fingerprint density at radius 2 is 2.00 bits per heavy atom. The number of nitrogens with zero attached hydrogens (tertiary/aromatic N) is 2. The zero-order chi connectivity index (χ0) is 14.3. The molecule has 5 heteroatoms. The van der Waals surface area contributed by atoms with E-state index in [0.717, 1.165) is 5.56 Å². The maximum Gasteiger partial charge on any atom is 0.356 e. The third-order valence-electron chi connectivity index (χ3n) is 3.10. The van der Waals surface area contributed by atoms with Gasteiger partial charge in [0.25, 0.3) is 0 Å². The van der Waals surface area contributed by atoms with Gasteiger partial charge in [0.15, 0.2) is 5.69 Å². The van der Waals surface area contributed by atoms with Gasteiger partial charge in [0.05, 0.1) is 11.1 Å². The number of imidazole rings is 1. The quantitative estimate of drug-likeness (QED) is 0.778. The molecule has 0 fully saturated rings. The summed E-state index contributed by atoms with van der Waals surface area (Å²) in [6.07, 6.45) is 1.75. The van der Waals surface area contributed by atoms with Crippen LogP contribution >= 0.6 is 0 Å². The van der Waals surface area contributed by atoms with Gasteiger partial charge in [-0.2, -0.15) is 0 Å². The van der Waals surface area contributed by atoms with Gasteiger partial charge < -0.3 is 5.11 Å². The predicted octanol–water partition coefficient (Wildman–Crippen LogP) is 3.15. The van der Waals surface area contributed by atoms with Crippen molar-refractivity contribution in [3.05, 3.63) is 59.7 Å². The highest BCUT2D eigenvalue weighted by molar-refractivity contribution is 5.95. The molecule has 0 spiro atoms. The Balaban J connectivity index is 2.39. The van der Waals surface area contributed by atoms with Gasteiger partial charge in [0.2, 0.25) is 0 Å². The molecule has 0 atom stereocenters. The number of rotatable bonds is 2. The van der Waals surface area contributed by atoms with E-state index >= 15 is 0 Å². The lowest BCUT2D eigenvalue weighted by Crippen LogP contribution is -1.97. The Bertz CT molecular complexity index is 824. The number of halogens is 1. The lowest BCUT2D eigenvalue weighted by molar-refractivity contribution is 0.0693. The summed E-state index contributed by atoms with van der Waals surface area (Å²) in [6.45, 7) is 1.88. The van der Waals surface area contributed by atoms with Crippen molar-refractivity contribution in [2.75, 3.05) is 0 Å². The molecule has 0 saturated carbocycles. The topological polar surface area (TPSA) is 54.6 Å². The van der Waals surface area contributed by atoms with Gasteiger partial charge in [0, 0.05) is 6.20 Å². The summed E-state index contributed by atoms with van der Waals surface area (Å²) < 4.78 is 15.5. The summed E-state index contributed by atoms with van der Waals surface area (Å²) in [6, 6.07) is 9.66. The number of benzene rings is 1. The molecule has 0 unspecified atom stereocenters. The lowest BCUT2D eigenvalue weighted by atomic mass is 10.2. The zero-order valence-electron chi connectivity index (χ0n) is 10.7. The van der Waals surface area contributed by atoms with E-state index in [1.54, 1.807) is 40.9 Å². The molecule has 2 heterocycles. The second kappa shape index (κ2) is 4.45. The van der Waals surface area contributed by atoms with Crippen molar-refractivity contribution in [1.82, 2.24) is 9.38 Å². The van der Waals surface area contributed by atoms with E-state index in [4.69, 9.17) is 0 Å². The Labute approximate surface area is 114 Å². The molecule has 1 aromatic carbocycles. The minimum atomic E-state index is -1.13. The van der Waals surface area contributed by atoms with Crippen LogP contribution in [0.3, 0.4) is 0 Å². The fourth-order valence-corrected chi connectivity index (χ4v) is 2.18. The maximum absolute atomic E-state index is 13.9. The third kappa shape index (κ3) is 1.84. The number of carbonyl (C=O) groups is 1. The first-order valence-corrected chi connectivity index (χ1v) is 6.05. The van der Waals surface area contributed by atoms with Crippen LogP contribution in [-0.4, -0.2) is 20.5 Å². The van der Waals surface area contributed by atoms with Crippen LogP contribution in [0.5, 0.6) is 0 Å². The van der Waals surface area contributed by atoms with E-state index in [1.807, 2.05) is 6.92 Å². The predicted molar refractivity (Wildman–Crippen MR) is 72.3 cm³/mol. The highest BCUT2D eigenvalue weighted by atomic mass is 19.1. The first-order chi connectivity index (χ1) is 9.58. The molecule has 3 aromatic rings. The van der Waals surface area contributed by atoms with E-state index in [9.17, 15) is 14.3 Å². The number of aromatic carboxylic acids is 1. The van der Waals surface area contributed by atoms with E-state index in [-0.39, 0.29) is 11.3 Å². The molecule has 0 aliphatic heterocycles. The first kappa shape index (κ1) is 12.3. The van der Waals surface area contributed by atoms with Crippen LogP contribution in [0.4, 0.5) is 4.39 Å². The molecule has 100 valence electrons. The van der Waals surface area contributed by atoms with Crippen LogP contribution in [0.1, 0.15) is 16.1 Å². The van der Waals surface area contributed by atoms with Gasteiger partial charge in [-0.05, 0) is 30.7 Å². The summed E-state index contributed by atoms with van der Waals surface area (Å²) >= 11 is 0.